The molecule has 2 heterocycles. The molecule has 40 heavy (non-hydrogen) atoms. The number of carbonyl (C=O) groups excluding carboxylic acids is 2. The second-order valence-corrected chi connectivity index (χ2v) is 10.8. The van der Waals surface area contributed by atoms with E-state index in [0.29, 0.717) is 61.3 Å². The third kappa shape index (κ3) is 5.13. The van der Waals surface area contributed by atoms with Crippen LogP contribution in [-0.2, 0) is 25.5 Å². The fourth-order valence-corrected chi connectivity index (χ4v) is 6.03. The average molecular weight is 545 g/mol. The highest BCUT2D eigenvalue weighted by molar-refractivity contribution is 5.96. The van der Waals surface area contributed by atoms with Gasteiger partial charge in [-0.15, -0.1) is 0 Å². The van der Waals surface area contributed by atoms with Crippen LogP contribution in [0.3, 0.4) is 0 Å². The van der Waals surface area contributed by atoms with E-state index in [1.165, 1.54) is 12.0 Å². The topological polar surface area (TPSA) is 81.9 Å². The number of esters is 1. The summed E-state index contributed by atoms with van der Waals surface area (Å²) in [4.78, 5) is 31.7. The minimum Gasteiger partial charge on any atom is -0.469 e. The Bertz CT molecular complexity index is 1530. The summed E-state index contributed by atoms with van der Waals surface area (Å²) < 4.78 is 33.6. The monoisotopic (exact) mass is 544 g/mol. The molecule has 1 aliphatic heterocycles. The van der Waals surface area contributed by atoms with E-state index in [1.807, 2.05) is 42.5 Å². The standard InChI is InChI=1S/C32H33FN2O5/c1-38-31(37)23-12-14-24(15-13-23)40-32(33,35-17-4-5-18-35)29(36)20-21-11-16-27-28(19-21)39-30(34-27)26-10-6-8-22-7-2-3-9-25(22)26/h2-3,6-11,16,19,23-24H,4-5,12-15,17-18,20H2,1H3/t23-,24-,32?. The number of rotatable bonds is 8. The summed E-state index contributed by atoms with van der Waals surface area (Å²) in [5, 5.41) is 2.13. The number of likely N-dealkylation sites (tertiary alicyclic amines) is 1. The van der Waals surface area contributed by atoms with Gasteiger partial charge in [0.25, 0.3) is 0 Å². The second kappa shape index (κ2) is 11.1. The van der Waals surface area contributed by atoms with E-state index in [-0.39, 0.29) is 18.3 Å². The smallest absolute Gasteiger partial charge is 0.330 e. The van der Waals surface area contributed by atoms with Gasteiger partial charge < -0.3 is 13.9 Å². The van der Waals surface area contributed by atoms with E-state index >= 15 is 4.39 Å². The summed E-state index contributed by atoms with van der Waals surface area (Å²) in [6.45, 7) is 0.935. The molecule has 0 amide bonds. The van der Waals surface area contributed by atoms with Crippen LogP contribution in [0.5, 0.6) is 0 Å². The Kier molecular flexibility index (Phi) is 7.38. The van der Waals surface area contributed by atoms with Gasteiger partial charge in [-0.25, -0.2) is 9.88 Å². The highest BCUT2D eigenvalue weighted by atomic mass is 19.2. The van der Waals surface area contributed by atoms with Gasteiger partial charge in [0.05, 0.1) is 19.1 Å². The van der Waals surface area contributed by atoms with Crippen LogP contribution in [-0.4, -0.2) is 53.9 Å². The molecule has 0 N–H and O–H groups in total. The molecule has 8 heteroatoms. The second-order valence-electron chi connectivity index (χ2n) is 10.8. The Balaban J connectivity index is 1.22. The highest BCUT2D eigenvalue weighted by Gasteiger charge is 2.48. The van der Waals surface area contributed by atoms with Crippen molar-refractivity contribution in [1.82, 2.24) is 9.88 Å². The number of carbonyl (C=O) groups is 2. The fourth-order valence-electron chi connectivity index (χ4n) is 6.03. The lowest BCUT2D eigenvalue weighted by atomic mass is 9.87. The molecule has 1 atom stereocenters. The molecule has 7 nitrogen and oxygen atoms in total. The first-order chi connectivity index (χ1) is 19.4. The van der Waals surface area contributed by atoms with Gasteiger partial charge in [0.1, 0.15) is 5.52 Å². The van der Waals surface area contributed by atoms with Crippen molar-refractivity contribution < 1.29 is 27.9 Å². The normalized spacial score (nSPS) is 21.4. The lowest BCUT2D eigenvalue weighted by molar-refractivity contribution is -0.252. The van der Waals surface area contributed by atoms with Crippen molar-refractivity contribution in [2.75, 3.05) is 20.2 Å². The number of fused-ring (bicyclic) bond motifs is 2. The Hall–Kier alpha value is -3.62. The van der Waals surface area contributed by atoms with Gasteiger partial charge in [-0.1, -0.05) is 42.5 Å². The number of hydrogen-bond donors (Lipinski definition) is 0. The van der Waals surface area contributed by atoms with Crippen molar-refractivity contribution in [3.8, 4) is 11.5 Å². The van der Waals surface area contributed by atoms with Crippen molar-refractivity contribution in [1.29, 1.82) is 0 Å². The summed E-state index contributed by atoms with van der Waals surface area (Å²) in [6, 6.07) is 19.4. The highest BCUT2D eigenvalue weighted by Crippen LogP contribution is 2.35. The number of halogens is 1. The predicted molar refractivity (Wildman–Crippen MR) is 149 cm³/mol. The Morgan fingerprint density at radius 3 is 2.55 bits per heavy atom. The molecule has 4 aromatic rings. The number of hydrogen-bond acceptors (Lipinski definition) is 7. The molecule has 2 aliphatic rings. The average Bonchev–Trinajstić information content (AvgIpc) is 3.67. The van der Waals surface area contributed by atoms with Crippen LogP contribution >= 0.6 is 0 Å². The van der Waals surface area contributed by atoms with Crippen LogP contribution in [0.15, 0.2) is 65.1 Å². The summed E-state index contributed by atoms with van der Waals surface area (Å²) in [7, 11) is 1.38. The fraction of sp³-hybridized carbons (Fsp3) is 0.406. The van der Waals surface area contributed by atoms with Crippen molar-refractivity contribution in [2.24, 2.45) is 5.92 Å². The molecule has 2 fully saturated rings. The predicted octanol–water partition coefficient (Wildman–Crippen LogP) is 6.23. The van der Waals surface area contributed by atoms with Crippen LogP contribution in [0, 0.1) is 5.92 Å². The molecule has 1 aromatic heterocycles. The number of ether oxygens (including phenoxy) is 2. The molecule has 1 saturated carbocycles. The molecule has 0 bridgehead atoms. The zero-order chi connectivity index (χ0) is 27.7. The molecule has 1 saturated heterocycles. The number of nitrogens with zero attached hydrogens (tertiary/aromatic N) is 2. The number of ketones is 1. The minimum absolute atomic E-state index is 0.134. The third-order valence-electron chi connectivity index (χ3n) is 8.23. The number of methoxy groups -OCH3 is 1. The van der Waals surface area contributed by atoms with Gasteiger partial charge in [-0.2, -0.15) is 4.39 Å². The quantitative estimate of drug-likeness (QED) is 0.192. The Labute approximate surface area is 232 Å². The zero-order valence-electron chi connectivity index (χ0n) is 22.6. The van der Waals surface area contributed by atoms with E-state index in [4.69, 9.17) is 13.9 Å². The summed E-state index contributed by atoms with van der Waals surface area (Å²) >= 11 is 0. The van der Waals surface area contributed by atoms with Crippen LogP contribution in [0.1, 0.15) is 44.1 Å². The Morgan fingerprint density at radius 2 is 1.77 bits per heavy atom. The molecule has 6 rings (SSSR count). The van der Waals surface area contributed by atoms with Gasteiger partial charge in [0.2, 0.25) is 11.7 Å². The van der Waals surface area contributed by atoms with Gasteiger partial charge in [0.15, 0.2) is 5.58 Å². The van der Waals surface area contributed by atoms with Gasteiger partial charge >= 0.3 is 11.9 Å². The van der Waals surface area contributed by atoms with Crippen molar-refractivity contribution in [3.05, 3.63) is 66.2 Å². The molecule has 1 unspecified atom stereocenters. The van der Waals surface area contributed by atoms with Crippen molar-refractivity contribution in [3.63, 3.8) is 0 Å². The first-order valence-electron chi connectivity index (χ1n) is 14.0. The van der Waals surface area contributed by atoms with Crippen LogP contribution < -0.4 is 0 Å². The van der Waals surface area contributed by atoms with E-state index in [2.05, 4.69) is 4.98 Å². The maximum atomic E-state index is 16.6. The van der Waals surface area contributed by atoms with E-state index in [9.17, 15) is 9.59 Å². The lowest BCUT2D eigenvalue weighted by Gasteiger charge is -2.37. The maximum absolute atomic E-state index is 16.6. The molecule has 208 valence electrons. The number of Topliss-reactive ketones (excluding diaryl/α,β-unsaturated/α-hetero) is 1. The van der Waals surface area contributed by atoms with E-state index in [1.54, 1.807) is 18.2 Å². The summed E-state index contributed by atoms with van der Waals surface area (Å²) in [5.74, 6) is -3.08. The lowest BCUT2D eigenvalue weighted by Crippen LogP contribution is -2.54. The van der Waals surface area contributed by atoms with E-state index in [0.717, 1.165) is 29.2 Å². The van der Waals surface area contributed by atoms with Crippen LogP contribution in [0.25, 0.3) is 33.3 Å². The number of benzene rings is 3. The molecular weight excluding hydrogens is 511 g/mol. The Morgan fingerprint density at radius 1 is 1.02 bits per heavy atom. The number of aromatic nitrogens is 1. The minimum atomic E-state index is -2.51. The first-order valence-corrected chi connectivity index (χ1v) is 14.0. The maximum Gasteiger partial charge on any atom is 0.330 e. The molecule has 3 aromatic carbocycles. The SMILES string of the molecule is COC(=O)[C@H]1CC[C@H](OC(F)(C(=O)Cc2ccc3nc(-c4cccc5ccccc45)oc3c2)N2CCCC2)CC1. The molecule has 0 radical (unpaired) electrons. The summed E-state index contributed by atoms with van der Waals surface area (Å²) in [6.07, 6.45) is 3.20. The molecule has 1 aliphatic carbocycles. The van der Waals surface area contributed by atoms with Crippen LogP contribution in [0.2, 0.25) is 0 Å². The van der Waals surface area contributed by atoms with Crippen LogP contribution in [0.4, 0.5) is 4.39 Å². The van der Waals surface area contributed by atoms with Gasteiger partial charge in [0, 0.05) is 25.1 Å². The largest absolute Gasteiger partial charge is 0.469 e. The first kappa shape index (κ1) is 26.6. The number of oxazole rings is 1. The third-order valence-corrected chi connectivity index (χ3v) is 8.23. The van der Waals surface area contributed by atoms with Crippen molar-refractivity contribution in [2.45, 2.75) is 57.0 Å². The number of alkyl halides is 1. The zero-order valence-corrected chi connectivity index (χ0v) is 22.6. The van der Waals surface area contributed by atoms with Gasteiger partial charge in [-0.05, 0) is 73.1 Å². The molecule has 0 spiro atoms. The summed E-state index contributed by atoms with van der Waals surface area (Å²) in [5.41, 5.74) is 2.74. The van der Waals surface area contributed by atoms with Gasteiger partial charge in [-0.3, -0.25) is 9.59 Å². The van der Waals surface area contributed by atoms with Crippen molar-refractivity contribution >= 4 is 33.6 Å². The van der Waals surface area contributed by atoms with E-state index < -0.39 is 17.9 Å². The molecular formula is C32H33FN2O5.